The molecule has 0 spiro atoms. The Hall–Kier alpha value is -1.74. The standard InChI is InChI=1S/C16H15ClFNO/c1-20-16-9-12(4-6-14(16)17)19-15-7-2-10-8-11(18)3-5-13(10)15/h3-6,8-9,15,19H,2,7H2,1H3. The van der Waals surface area contributed by atoms with Gasteiger partial charge in [-0.25, -0.2) is 4.39 Å². The van der Waals surface area contributed by atoms with Crippen LogP contribution in [-0.2, 0) is 6.42 Å². The summed E-state index contributed by atoms with van der Waals surface area (Å²) in [6, 6.07) is 10.8. The van der Waals surface area contributed by atoms with Crippen LogP contribution in [0.5, 0.6) is 5.75 Å². The Morgan fingerprint density at radius 1 is 1.25 bits per heavy atom. The van der Waals surface area contributed by atoms with Crippen molar-refractivity contribution >= 4 is 17.3 Å². The molecule has 0 aliphatic heterocycles. The van der Waals surface area contributed by atoms with Crippen LogP contribution in [0, 0.1) is 5.82 Å². The molecule has 20 heavy (non-hydrogen) atoms. The molecular weight excluding hydrogens is 277 g/mol. The second-order valence-corrected chi connectivity index (χ2v) is 5.34. The first-order valence-corrected chi connectivity index (χ1v) is 6.93. The number of halogens is 2. The number of aryl methyl sites for hydroxylation is 1. The Morgan fingerprint density at radius 3 is 2.90 bits per heavy atom. The van der Waals surface area contributed by atoms with Crippen molar-refractivity contribution in [2.45, 2.75) is 18.9 Å². The van der Waals surface area contributed by atoms with E-state index in [4.69, 9.17) is 16.3 Å². The smallest absolute Gasteiger partial charge is 0.139 e. The lowest BCUT2D eigenvalue weighted by Crippen LogP contribution is -2.07. The zero-order chi connectivity index (χ0) is 14.1. The molecule has 0 heterocycles. The van der Waals surface area contributed by atoms with Crippen LogP contribution in [0.1, 0.15) is 23.6 Å². The average Bonchev–Trinajstić information content (AvgIpc) is 2.83. The largest absolute Gasteiger partial charge is 0.495 e. The van der Waals surface area contributed by atoms with E-state index in [1.807, 2.05) is 24.3 Å². The molecule has 1 aliphatic carbocycles. The summed E-state index contributed by atoms with van der Waals surface area (Å²) in [7, 11) is 1.60. The van der Waals surface area contributed by atoms with Gasteiger partial charge in [0.2, 0.25) is 0 Å². The van der Waals surface area contributed by atoms with E-state index in [9.17, 15) is 4.39 Å². The molecule has 1 atom stereocenters. The van der Waals surface area contributed by atoms with Crippen LogP contribution >= 0.6 is 11.6 Å². The molecule has 1 unspecified atom stereocenters. The minimum Gasteiger partial charge on any atom is -0.495 e. The predicted octanol–water partition coefficient (Wildman–Crippen LogP) is 4.59. The van der Waals surface area contributed by atoms with Crippen LogP contribution in [0.15, 0.2) is 36.4 Å². The SMILES string of the molecule is COc1cc(NC2CCc3cc(F)ccc32)ccc1Cl. The van der Waals surface area contributed by atoms with Crippen LogP contribution in [0.3, 0.4) is 0 Å². The summed E-state index contributed by atoms with van der Waals surface area (Å²) in [5, 5.41) is 4.05. The number of methoxy groups -OCH3 is 1. The molecule has 0 bridgehead atoms. The molecule has 2 aromatic rings. The second kappa shape index (κ2) is 5.33. The Labute approximate surface area is 122 Å². The first-order chi connectivity index (χ1) is 9.67. The highest BCUT2D eigenvalue weighted by atomic mass is 35.5. The van der Waals surface area contributed by atoms with Gasteiger partial charge in [-0.1, -0.05) is 17.7 Å². The van der Waals surface area contributed by atoms with Gasteiger partial charge in [0, 0.05) is 11.8 Å². The van der Waals surface area contributed by atoms with Gasteiger partial charge in [-0.05, 0) is 48.2 Å². The second-order valence-electron chi connectivity index (χ2n) is 4.93. The molecule has 1 N–H and O–H groups in total. The van der Waals surface area contributed by atoms with E-state index in [-0.39, 0.29) is 11.9 Å². The zero-order valence-electron chi connectivity index (χ0n) is 11.1. The summed E-state index contributed by atoms with van der Waals surface area (Å²) in [5.74, 6) is 0.478. The Bertz CT molecular complexity index is 644. The minimum absolute atomic E-state index is 0.169. The average molecular weight is 292 g/mol. The number of nitrogens with one attached hydrogen (secondary N) is 1. The van der Waals surface area contributed by atoms with Gasteiger partial charge >= 0.3 is 0 Å². The molecule has 0 radical (unpaired) electrons. The minimum atomic E-state index is -0.169. The van der Waals surface area contributed by atoms with Gasteiger partial charge in [-0.15, -0.1) is 0 Å². The van der Waals surface area contributed by atoms with Gasteiger partial charge in [0.15, 0.2) is 0 Å². The molecule has 0 amide bonds. The third-order valence-corrected chi connectivity index (χ3v) is 3.99. The van der Waals surface area contributed by atoms with Crippen LogP contribution in [0.4, 0.5) is 10.1 Å². The van der Waals surface area contributed by atoms with Crippen LogP contribution in [-0.4, -0.2) is 7.11 Å². The third kappa shape index (κ3) is 2.46. The Morgan fingerprint density at radius 2 is 2.10 bits per heavy atom. The normalized spacial score (nSPS) is 16.9. The third-order valence-electron chi connectivity index (χ3n) is 3.67. The van der Waals surface area contributed by atoms with Gasteiger partial charge in [-0.2, -0.15) is 0 Å². The molecule has 3 rings (SSSR count). The molecule has 0 fully saturated rings. The fourth-order valence-corrected chi connectivity index (χ4v) is 2.88. The molecule has 0 saturated carbocycles. The van der Waals surface area contributed by atoms with Gasteiger partial charge in [-0.3, -0.25) is 0 Å². The lowest BCUT2D eigenvalue weighted by Gasteiger charge is -2.16. The molecule has 4 heteroatoms. The number of benzene rings is 2. The van der Waals surface area contributed by atoms with E-state index in [1.165, 1.54) is 11.6 Å². The number of anilines is 1. The number of rotatable bonds is 3. The fourth-order valence-electron chi connectivity index (χ4n) is 2.69. The van der Waals surface area contributed by atoms with Crippen LogP contribution < -0.4 is 10.1 Å². The molecule has 1 aliphatic rings. The van der Waals surface area contributed by atoms with E-state index in [0.717, 1.165) is 24.1 Å². The molecule has 2 aromatic carbocycles. The van der Waals surface area contributed by atoms with E-state index in [1.54, 1.807) is 13.2 Å². The van der Waals surface area contributed by atoms with Gasteiger partial charge in [0.05, 0.1) is 18.2 Å². The lowest BCUT2D eigenvalue weighted by atomic mass is 10.1. The summed E-state index contributed by atoms with van der Waals surface area (Å²) in [6.07, 6.45) is 1.86. The Kier molecular flexibility index (Phi) is 3.53. The number of hydrogen-bond acceptors (Lipinski definition) is 2. The van der Waals surface area contributed by atoms with Crippen molar-refractivity contribution in [2.75, 3.05) is 12.4 Å². The number of ether oxygens (including phenoxy) is 1. The first kappa shape index (κ1) is 13.3. The van der Waals surface area contributed by atoms with Gasteiger partial charge < -0.3 is 10.1 Å². The van der Waals surface area contributed by atoms with E-state index in [2.05, 4.69) is 5.32 Å². The van der Waals surface area contributed by atoms with Crippen molar-refractivity contribution in [2.24, 2.45) is 0 Å². The van der Waals surface area contributed by atoms with E-state index >= 15 is 0 Å². The van der Waals surface area contributed by atoms with E-state index < -0.39 is 0 Å². The van der Waals surface area contributed by atoms with E-state index in [0.29, 0.717) is 10.8 Å². The molecular formula is C16H15ClFNO. The summed E-state index contributed by atoms with van der Waals surface area (Å²) in [5.41, 5.74) is 3.21. The number of hydrogen-bond donors (Lipinski definition) is 1. The van der Waals surface area contributed by atoms with Crippen molar-refractivity contribution in [3.05, 3.63) is 58.4 Å². The summed E-state index contributed by atoms with van der Waals surface area (Å²) in [4.78, 5) is 0. The molecule has 0 aromatic heterocycles. The van der Waals surface area contributed by atoms with Gasteiger partial charge in [0.25, 0.3) is 0 Å². The van der Waals surface area contributed by atoms with Gasteiger partial charge in [0.1, 0.15) is 11.6 Å². The Balaban J connectivity index is 1.84. The number of fused-ring (bicyclic) bond motifs is 1. The first-order valence-electron chi connectivity index (χ1n) is 6.56. The van der Waals surface area contributed by atoms with Crippen LogP contribution in [0.2, 0.25) is 5.02 Å². The van der Waals surface area contributed by atoms with Crippen molar-refractivity contribution in [1.29, 1.82) is 0 Å². The maximum absolute atomic E-state index is 13.2. The summed E-state index contributed by atoms with van der Waals surface area (Å²) < 4.78 is 18.4. The summed E-state index contributed by atoms with van der Waals surface area (Å²) in [6.45, 7) is 0. The topological polar surface area (TPSA) is 21.3 Å². The van der Waals surface area contributed by atoms with Crippen molar-refractivity contribution in [3.63, 3.8) is 0 Å². The zero-order valence-corrected chi connectivity index (χ0v) is 11.9. The molecule has 104 valence electrons. The highest BCUT2D eigenvalue weighted by molar-refractivity contribution is 6.32. The maximum Gasteiger partial charge on any atom is 0.139 e. The quantitative estimate of drug-likeness (QED) is 0.893. The lowest BCUT2D eigenvalue weighted by molar-refractivity contribution is 0.415. The molecule has 0 saturated heterocycles. The highest BCUT2D eigenvalue weighted by Crippen LogP contribution is 2.36. The fraction of sp³-hybridized carbons (Fsp3) is 0.250. The van der Waals surface area contributed by atoms with Crippen molar-refractivity contribution in [1.82, 2.24) is 0 Å². The monoisotopic (exact) mass is 291 g/mol. The van der Waals surface area contributed by atoms with Crippen molar-refractivity contribution in [3.8, 4) is 5.75 Å². The predicted molar refractivity (Wildman–Crippen MR) is 79.1 cm³/mol. The molecule has 2 nitrogen and oxygen atoms in total. The maximum atomic E-state index is 13.2. The van der Waals surface area contributed by atoms with Crippen LogP contribution in [0.25, 0.3) is 0 Å². The van der Waals surface area contributed by atoms with Crippen molar-refractivity contribution < 1.29 is 9.13 Å². The summed E-state index contributed by atoms with van der Waals surface area (Å²) >= 11 is 6.02. The highest BCUT2D eigenvalue weighted by Gasteiger charge is 2.22.